The fourth-order valence-electron chi connectivity index (χ4n) is 2.44. The maximum atomic E-state index is 11.4. The molecule has 0 aliphatic rings. The summed E-state index contributed by atoms with van der Waals surface area (Å²) in [6, 6.07) is 7.49. The molecule has 2 N–H and O–H groups in total. The van der Waals surface area contributed by atoms with E-state index < -0.39 is 12.0 Å². The highest BCUT2D eigenvalue weighted by Gasteiger charge is 2.20. The third-order valence-corrected chi connectivity index (χ3v) is 3.77. The molecule has 1 unspecified atom stereocenters. The van der Waals surface area contributed by atoms with Crippen molar-refractivity contribution in [3.8, 4) is 0 Å². The third kappa shape index (κ3) is 4.53. The van der Waals surface area contributed by atoms with E-state index in [1.807, 2.05) is 30.5 Å². The van der Waals surface area contributed by atoms with Crippen LogP contribution in [0.1, 0.15) is 39.2 Å². The number of carboxylic acids is 1. The van der Waals surface area contributed by atoms with Gasteiger partial charge in [-0.05, 0) is 29.2 Å². The summed E-state index contributed by atoms with van der Waals surface area (Å²) in [6.07, 6.45) is 5.12. The van der Waals surface area contributed by atoms with Gasteiger partial charge in [0.05, 0.1) is 0 Å². The number of aliphatic carboxylic acids is 1. The molecule has 2 rings (SSSR count). The van der Waals surface area contributed by atoms with Crippen LogP contribution in [0, 0.1) is 5.41 Å². The average molecular weight is 300 g/mol. The normalized spacial score (nSPS) is 13.2. The van der Waals surface area contributed by atoms with E-state index in [4.69, 9.17) is 0 Å². The number of hydrogen-bond donors (Lipinski definition) is 2. The van der Waals surface area contributed by atoms with Crippen molar-refractivity contribution in [1.82, 2.24) is 10.3 Å². The van der Waals surface area contributed by atoms with E-state index in [1.54, 1.807) is 6.20 Å². The van der Waals surface area contributed by atoms with Crippen molar-refractivity contribution in [2.75, 3.05) is 0 Å². The molecule has 0 spiro atoms. The molecule has 2 aromatic rings. The summed E-state index contributed by atoms with van der Waals surface area (Å²) in [5.41, 5.74) is 1.16. The second-order valence-electron chi connectivity index (χ2n) is 6.89. The van der Waals surface area contributed by atoms with Crippen LogP contribution in [0.4, 0.5) is 0 Å². The fourth-order valence-corrected chi connectivity index (χ4v) is 2.44. The molecule has 1 heterocycles. The Morgan fingerprint density at radius 2 is 2.00 bits per heavy atom. The first-order chi connectivity index (χ1) is 10.4. The predicted octanol–water partition coefficient (Wildman–Crippen LogP) is 3.60. The average Bonchev–Trinajstić information content (AvgIpc) is 2.45. The summed E-state index contributed by atoms with van der Waals surface area (Å²) in [6.45, 7) is 6.89. The number of nitrogens with one attached hydrogen (secondary N) is 1. The van der Waals surface area contributed by atoms with E-state index in [-0.39, 0.29) is 5.41 Å². The zero-order valence-corrected chi connectivity index (χ0v) is 13.5. The first kappa shape index (κ1) is 16.4. The summed E-state index contributed by atoms with van der Waals surface area (Å²) < 4.78 is 0. The number of benzene rings is 1. The number of pyridine rings is 1. The number of hydrogen-bond acceptors (Lipinski definition) is 3. The lowest BCUT2D eigenvalue weighted by Crippen LogP contribution is -2.37. The molecule has 1 aromatic heterocycles. The van der Waals surface area contributed by atoms with Crippen molar-refractivity contribution in [2.24, 2.45) is 5.41 Å². The topological polar surface area (TPSA) is 62.2 Å². The maximum Gasteiger partial charge on any atom is 0.320 e. The van der Waals surface area contributed by atoms with E-state index in [2.05, 4.69) is 31.1 Å². The van der Waals surface area contributed by atoms with Crippen molar-refractivity contribution >= 4 is 16.7 Å². The lowest BCUT2D eigenvalue weighted by Gasteiger charge is -2.21. The van der Waals surface area contributed by atoms with Crippen LogP contribution in [0.5, 0.6) is 0 Å². The first-order valence-electron chi connectivity index (χ1n) is 7.65. The van der Waals surface area contributed by atoms with Gasteiger partial charge in [-0.25, -0.2) is 0 Å². The quantitative estimate of drug-likeness (QED) is 0.855. The van der Waals surface area contributed by atoms with Gasteiger partial charge < -0.3 is 10.4 Å². The molecule has 0 aliphatic carbocycles. The smallest absolute Gasteiger partial charge is 0.320 e. The van der Waals surface area contributed by atoms with Gasteiger partial charge >= 0.3 is 5.97 Å². The lowest BCUT2D eigenvalue weighted by molar-refractivity contribution is -0.139. The summed E-state index contributed by atoms with van der Waals surface area (Å²) in [5.74, 6) is -0.794. The number of carbonyl (C=O) groups is 1. The number of nitrogens with zero attached hydrogens (tertiary/aromatic N) is 1. The molecule has 0 saturated carbocycles. The zero-order chi connectivity index (χ0) is 16.2. The molecule has 0 radical (unpaired) electrons. The SMILES string of the molecule is CC(C)(C)CCC(NCc1cncc2ccccc12)C(=O)O. The van der Waals surface area contributed by atoms with E-state index in [0.29, 0.717) is 13.0 Å². The minimum atomic E-state index is -0.794. The Balaban J connectivity index is 2.06. The van der Waals surface area contributed by atoms with Crippen LogP contribution in [0.25, 0.3) is 10.8 Å². The Kier molecular flexibility index (Phi) is 5.14. The number of rotatable bonds is 6. The van der Waals surface area contributed by atoms with Gasteiger partial charge in [0.1, 0.15) is 6.04 Å². The molecule has 0 saturated heterocycles. The Hall–Kier alpha value is -1.94. The standard InChI is InChI=1S/C18H24N2O2/c1-18(2,3)9-8-16(17(21)22)20-12-14-11-19-10-13-6-4-5-7-15(13)14/h4-7,10-11,16,20H,8-9,12H2,1-3H3,(H,21,22). The molecular formula is C18H24N2O2. The van der Waals surface area contributed by atoms with Gasteiger partial charge in [-0.3, -0.25) is 9.78 Å². The molecule has 0 amide bonds. The van der Waals surface area contributed by atoms with Crippen LogP contribution in [0.15, 0.2) is 36.7 Å². The van der Waals surface area contributed by atoms with Crippen molar-refractivity contribution in [2.45, 2.75) is 46.2 Å². The van der Waals surface area contributed by atoms with Crippen LogP contribution in [0.3, 0.4) is 0 Å². The second-order valence-corrected chi connectivity index (χ2v) is 6.89. The number of carboxylic acid groups (broad SMARTS) is 1. The lowest BCUT2D eigenvalue weighted by atomic mass is 9.88. The molecule has 4 nitrogen and oxygen atoms in total. The molecular weight excluding hydrogens is 276 g/mol. The van der Waals surface area contributed by atoms with Crippen molar-refractivity contribution < 1.29 is 9.90 Å². The van der Waals surface area contributed by atoms with Crippen molar-refractivity contribution in [1.29, 1.82) is 0 Å². The Bertz CT molecular complexity index is 642. The molecule has 1 atom stereocenters. The Labute approximate surface area is 131 Å². The Morgan fingerprint density at radius 1 is 1.27 bits per heavy atom. The van der Waals surface area contributed by atoms with Gasteiger partial charge in [0.15, 0.2) is 0 Å². The summed E-state index contributed by atoms with van der Waals surface area (Å²) >= 11 is 0. The summed E-state index contributed by atoms with van der Waals surface area (Å²) in [4.78, 5) is 15.7. The molecule has 0 aliphatic heterocycles. The van der Waals surface area contributed by atoms with Gasteiger partial charge in [0, 0.05) is 24.3 Å². The Morgan fingerprint density at radius 3 is 2.68 bits per heavy atom. The van der Waals surface area contributed by atoms with E-state index in [0.717, 1.165) is 22.8 Å². The van der Waals surface area contributed by atoms with Gasteiger partial charge in [0.25, 0.3) is 0 Å². The van der Waals surface area contributed by atoms with Crippen LogP contribution < -0.4 is 5.32 Å². The minimum Gasteiger partial charge on any atom is -0.480 e. The molecule has 0 bridgehead atoms. The monoisotopic (exact) mass is 300 g/mol. The van der Waals surface area contributed by atoms with Crippen molar-refractivity contribution in [3.63, 3.8) is 0 Å². The zero-order valence-electron chi connectivity index (χ0n) is 13.5. The van der Waals surface area contributed by atoms with E-state index in [9.17, 15) is 9.90 Å². The highest BCUT2D eigenvalue weighted by atomic mass is 16.4. The van der Waals surface area contributed by atoms with Gasteiger partial charge in [-0.15, -0.1) is 0 Å². The highest BCUT2D eigenvalue weighted by molar-refractivity contribution is 5.84. The summed E-state index contributed by atoms with van der Waals surface area (Å²) in [7, 11) is 0. The van der Waals surface area contributed by atoms with Gasteiger partial charge in [-0.1, -0.05) is 45.0 Å². The maximum absolute atomic E-state index is 11.4. The fraction of sp³-hybridized carbons (Fsp3) is 0.444. The number of aromatic nitrogens is 1. The van der Waals surface area contributed by atoms with Gasteiger partial charge in [-0.2, -0.15) is 0 Å². The molecule has 118 valence electrons. The van der Waals surface area contributed by atoms with Gasteiger partial charge in [0.2, 0.25) is 0 Å². The van der Waals surface area contributed by atoms with Crippen LogP contribution >= 0.6 is 0 Å². The minimum absolute atomic E-state index is 0.135. The summed E-state index contributed by atoms with van der Waals surface area (Å²) in [5, 5.41) is 14.7. The second kappa shape index (κ2) is 6.88. The number of fused-ring (bicyclic) bond motifs is 1. The third-order valence-electron chi connectivity index (χ3n) is 3.77. The van der Waals surface area contributed by atoms with E-state index in [1.165, 1.54) is 0 Å². The molecule has 0 fully saturated rings. The highest BCUT2D eigenvalue weighted by Crippen LogP contribution is 2.22. The molecule has 1 aromatic carbocycles. The predicted molar refractivity (Wildman–Crippen MR) is 88.7 cm³/mol. The van der Waals surface area contributed by atoms with Crippen LogP contribution in [0.2, 0.25) is 0 Å². The van der Waals surface area contributed by atoms with Crippen LogP contribution in [-0.4, -0.2) is 22.1 Å². The molecule has 4 heteroatoms. The van der Waals surface area contributed by atoms with E-state index >= 15 is 0 Å². The largest absolute Gasteiger partial charge is 0.480 e. The first-order valence-corrected chi connectivity index (χ1v) is 7.65. The van der Waals surface area contributed by atoms with Crippen molar-refractivity contribution in [3.05, 3.63) is 42.2 Å². The van der Waals surface area contributed by atoms with Crippen LogP contribution in [-0.2, 0) is 11.3 Å². The molecule has 22 heavy (non-hydrogen) atoms.